The molecule has 2 aliphatic rings. The van der Waals surface area contributed by atoms with E-state index in [1.165, 1.54) is 17.9 Å². The van der Waals surface area contributed by atoms with E-state index in [2.05, 4.69) is 20.3 Å². The third-order valence-electron chi connectivity index (χ3n) is 5.23. The summed E-state index contributed by atoms with van der Waals surface area (Å²) in [6.07, 6.45) is 4.89. The minimum Gasteiger partial charge on any atom is -0.357 e. The number of nitrogens with zero attached hydrogens (tertiary/aromatic N) is 4. The van der Waals surface area contributed by atoms with Gasteiger partial charge in [-0.2, -0.15) is 5.10 Å². The third-order valence-corrected chi connectivity index (χ3v) is 5.23. The number of hydrogen-bond acceptors (Lipinski definition) is 5. The maximum absolute atomic E-state index is 12.5. The Morgan fingerprint density at radius 2 is 1.79 bits per heavy atom. The lowest BCUT2D eigenvalue weighted by molar-refractivity contribution is -0.132. The molecule has 0 atom stereocenters. The average molecular weight is 391 g/mol. The Morgan fingerprint density at radius 3 is 2.52 bits per heavy atom. The number of aromatic nitrogens is 1. The first-order valence-electron chi connectivity index (χ1n) is 10.1. The van der Waals surface area contributed by atoms with Crippen molar-refractivity contribution in [2.75, 3.05) is 18.0 Å². The van der Waals surface area contributed by atoms with Crippen molar-refractivity contribution < 1.29 is 9.59 Å². The summed E-state index contributed by atoms with van der Waals surface area (Å²) in [5.74, 6) is 0.690. The van der Waals surface area contributed by atoms with Crippen LogP contribution in [-0.2, 0) is 22.7 Å². The van der Waals surface area contributed by atoms with Crippen molar-refractivity contribution in [1.82, 2.24) is 15.3 Å². The lowest BCUT2D eigenvalue weighted by atomic mass is 10.1. The van der Waals surface area contributed by atoms with Crippen molar-refractivity contribution in [3.8, 4) is 0 Å². The topological polar surface area (TPSA) is 77.9 Å². The van der Waals surface area contributed by atoms with Crippen LogP contribution in [0.25, 0.3) is 0 Å². The molecule has 1 N–H and O–H groups in total. The van der Waals surface area contributed by atoms with Gasteiger partial charge in [-0.15, -0.1) is 0 Å². The number of nitrogens with one attached hydrogen (secondary N) is 1. The van der Waals surface area contributed by atoms with Gasteiger partial charge in [-0.25, -0.2) is 9.99 Å². The molecular weight excluding hydrogens is 366 g/mol. The second kappa shape index (κ2) is 8.86. The monoisotopic (exact) mass is 391 g/mol. The molecule has 0 aliphatic carbocycles. The van der Waals surface area contributed by atoms with Gasteiger partial charge >= 0.3 is 0 Å². The molecule has 3 heterocycles. The second-order valence-electron chi connectivity index (χ2n) is 7.39. The fourth-order valence-electron chi connectivity index (χ4n) is 3.58. The Kier molecular flexibility index (Phi) is 5.84. The summed E-state index contributed by atoms with van der Waals surface area (Å²) in [4.78, 5) is 31.5. The summed E-state index contributed by atoms with van der Waals surface area (Å²) in [6, 6.07) is 13.6. The number of anilines is 1. The van der Waals surface area contributed by atoms with Crippen LogP contribution in [-0.4, -0.2) is 40.6 Å². The van der Waals surface area contributed by atoms with Crippen LogP contribution < -0.4 is 10.2 Å². The number of amides is 2. The molecule has 2 aromatic rings. The van der Waals surface area contributed by atoms with Gasteiger partial charge in [-0.05, 0) is 30.0 Å². The smallest absolute Gasteiger partial charge is 0.267 e. The zero-order chi connectivity index (χ0) is 20.1. The average Bonchev–Trinajstić information content (AvgIpc) is 3.30. The molecule has 2 aliphatic heterocycles. The number of carbonyl (C=O) groups excluding carboxylic acids is 2. The van der Waals surface area contributed by atoms with Crippen LogP contribution in [0.1, 0.15) is 36.8 Å². The highest BCUT2D eigenvalue weighted by Gasteiger charge is 2.24. The molecule has 0 spiro atoms. The van der Waals surface area contributed by atoms with E-state index in [0.717, 1.165) is 30.0 Å². The van der Waals surface area contributed by atoms with Crippen LogP contribution in [0.5, 0.6) is 0 Å². The molecule has 1 fully saturated rings. The van der Waals surface area contributed by atoms with Crippen LogP contribution in [0.3, 0.4) is 0 Å². The van der Waals surface area contributed by atoms with Gasteiger partial charge in [0.15, 0.2) is 0 Å². The van der Waals surface area contributed by atoms with Gasteiger partial charge in [0.1, 0.15) is 11.5 Å². The van der Waals surface area contributed by atoms with Gasteiger partial charge in [-0.3, -0.25) is 9.59 Å². The number of pyridine rings is 1. The van der Waals surface area contributed by atoms with Crippen LogP contribution in [0, 0.1) is 0 Å². The van der Waals surface area contributed by atoms with Crippen LogP contribution >= 0.6 is 0 Å². The van der Waals surface area contributed by atoms with E-state index in [-0.39, 0.29) is 11.8 Å². The van der Waals surface area contributed by atoms with Gasteiger partial charge in [-0.1, -0.05) is 36.4 Å². The first-order chi connectivity index (χ1) is 14.2. The van der Waals surface area contributed by atoms with E-state index in [4.69, 9.17) is 0 Å². The first-order valence-corrected chi connectivity index (χ1v) is 10.1. The van der Waals surface area contributed by atoms with E-state index in [1.807, 2.05) is 48.7 Å². The molecule has 29 heavy (non-hydrogen) atoms. The number of hydrazone groups is 1. The van der Waals surface area contributed by atoms with Crippen molar-refractivity contribution in [3.63, 3.8) is 0 Å². The molecule has 2 amide bonds. The van der Waals surface area contributed by atoms with E-state index in [1.54, 1.807) is 0 Å². The van der Waals surface area contributed by atoms with E-state index in [9.17, 15) is 9.59 Å². The maximum atomic E-state index is 12.5. The Balaban J connectivity index is 1.34. The first kappa shape index (κ1) is 19.1. The van der Waals surface area contributed by atoms with Gasteiger partial charge < -0.3 is 10.2 Å². The quantitative estimate of drug-likeness (QED) is 0.821. The molecule has 7 nitrogen and oxygen atoms in total. The van der Waals surface area contributed by atoms with Gasteiger partial charge in [0, 0.05) is 38.7 Å². The van der Waals surface area contributed by atoms with Crippen molar-refractivity contribution in [2.24, 2.45) is 5.10 Å². The largest absolute Gasteiger partial charge is 0.357 e. The lowest BCUT2D eigenvalue weighted by Gasteiger charge is -2.23. The molecule has 7 heteroatoms. The number of hydrogen-bond donors (Lipinski definition) is 1. The van der Waals surface area contributed by atoms with Gasteiger partial charge in [0.25, 0.3) is 5.91 Å². The summed E-state index contributed by atoms with van der Waals surface area (Å²) < 4.78 is 0. The standard InChI is InChI=1S/C22H25N5O2/c28-21-11-9-19(25-27(21)16-17-6-2-1-3-7-17)22(29)24-15-18-8-10-20(23-14-18)26-12-4-5-13-26/h1-3,6-8,10,14H,4-5,9,11-13,15-16H2,(H,24,29). The summed E-state index contributed by atoms with van der Waals surface area (Å²) in [6.45, 7) is 2.87. The molecule has 1 aromatic heterocycles. The Morgan fingerprint density at radius 1 is 1.00 bits per heavy atom. The highest BCUT2D eigenvalue weighted by molar-refractivity contribution is 6.39. The highest BCUT2D eigenvalue weighted by Crippen LogP contribution is 2.18. The second-order valence-corrected chi connectivity index (χ2v) is 7.39. The van der Waals surface area contributed by atoms with E-state index in [0.29, 0.717) is 31.6 Å². The molecule has 1 saturated heterocycles. The fourth-order valence-corrected chi connectivity index (χ4v) is 3.58. The van der Waals surface area contributed by atoms with Gasteiger partial charge in [0.05, 0.1) is 6.54 Å². The third kappa shape index (κ3) is 4.80. The zero-order valence-electron chi connectivity index (χ0n) is 16.4. The van der Waals surface area contributed by atoms with E-state index >= 15 is 0 Å². The SMILES string of the molecule is O=C(NCc1ccc(N2CCCC2)nc1)C1=NN(Cc2ccccc2)C(=O)CC1. The number of carbonyl (C=O) groups is 2. The van der Waals surface area contributed by atoms with Crippen LogP contribution in [0.15, 0.2) is 53.8 Å². The lowest BCUT2D eigenvalue weighted by Crippen LogP contribution is -2.38. The molecule has 0 bridgehead atoms. The predicted octanol–water partition coefficient (Wildman–Crippen LogP) is 2.48. The van der Waals surface area contributed by atoms with Crippen molar-refractivity contribution in [3.05, 3.63) is 59.8 Å². The summed E-state index contributed by atoms with van der Waals surface area (Å²) in [5, 5.41) is 8.59. The summed E-state index contributed by atoms with van der Waals surface area (Å²) >= 11 is 0. The minimum absolute atomic E-state index is 0.0629. The van der Waals surface area contributed by atoms with Crippen molar-refractivity contribution in [1.29, 1.82) is 0 Å². The highest BCUT2D eigenvalue weighted by atomic mass is 16.2. The predicted molar refractivity (Wildman–Crippen MR) is 111 cm³/mol. The Hall–Kier alpha value is -3.22. The minimum atomic E-state index is -0.237. The molecule has 150 valence electrons. The van der Waals surface area contributed by atoms with Crippen molar-refractivity contribution >= 4 is 23.3 Å². The molecule has 0 unspecified atom stereocenters. The fraction of sp³-hybridized carbons (Fsp3) is 0.364. The Labute approximate surface area is 170 Å². The molecule has 0 radical (unpaired) electrons. The summed E-state index contributed by atoms with van der Waals surface area (Å²) in [7, 11) is 0. The molecular formula is C22H25N5O2. The zero-order valence-corrected chi connectivity index (χ0v) is 16.4. The van der Waals surface area contributed by atoms with Crippen LogP contribution in [0.4, 0.5) is 5.82 Å². The normalized spacial score (nSPS) is 16.7. The number of benzene rings is 1. The number of rotatable bonds is 6. The molecule has 1 aromatic carbocycles. The van der Waals surface area contributed by atoms with E-state index < -0.39 is 0 Å². The van der Waals surface area contributed by atoms with Crippen LogP contribution in [0.2, 0.25) is 0 Å². The van der Waals surface area contributed by atoms with Gasteiger partial charge in [0.2, 0.25) is 5.91 Å². The summed E-state index contributed by atoms with van der Waals surface area (Å²) in [5.41, 5.74) is 2.31. The van der Waals surface area contributed by atoms with Crippen molar-refractivity contribution in [2.45, 2.75) is 38.8 Å². The molecule has 0 saturated carbocycles. The Bertz CT molecular complexity index is 889. The molecule has 4 rings (SSSR count). The maximum Gasteiger partial charge on any atom is 0.267 e.